The summed E-state index contributed by atoms with van der Waals surface area (Å²) in [6, 6.07) is 7.28. The molecule has 6 nitrogen and oxygen atoms in total. The van der Waals surface area contributed by atoms with Gasteiger partial charge < -0.3 is 19.7 Å². The number of phenolic OH excluding ortho intramolecular Hbond substituents is 2. The Labute approximate surface area is 223 Å². The number of aromatic hydroxyl groups is 2. The van der Waals surface area contributed by atoms with Crippen LogP contribution < -0.4 is 9.47 Å². The van der Waals surface area contributed by atoms with Crippen molar-refractivity contribution in [2.75, 3.05) is 14.2 Å². The van der Waals surface area contributed by atoms with Gasteiger partial charge in [0.25, 0.3) is 0 Å². The van der Waals surface area contributed by atoms with Crippen molar-refractivity contribution in [2.24, 2.45) is 0 Å². The number of carbonyl (C=O) groups excluding carboxylic acids is 2. The molecule has 0 fully saturated rings. The Morgan fingerprint density at radius 1 is 0.676 bits per heavy atom. The van der Waals surface area contributed by atoms with Gasteiger partial charge in [0.15, 0.2) is 23.0 Å². The minimum atomic E-state index is -0.281. The zero-order chi connectivity index (χ0) is 28.6. The fourth-order valence-corrected chi connectivity index (χ4v) is 4.04. The first-order chi connectivity index (χ1) is 17.2. The maximum Gasteiger partial charge on any atom is 0.161 e. The summed E-state index contributed by atoms with van der Waals surface area (Å²) in [5.41, 5.74) is 2.73. The first-order valence-corrected chi connectivity index (χ1v) is 13.0. The second-order valence-corrected chi connectivity index (χ2v) is 11.1. The number of rotatable bonds is 10. The molecule has 2 rings (SSSR count). The third-order valence-electron chi connectivity index (χ3n) is 6.10. The summed E-state index contributed by atoms with van der Waals surface area (Å²) in [4.78, 5) is 25.0. The molecule has 0 aliphatic heterocycles. The second kappa shape index (κ2) is 13.5. The quantitative estimate of drug-likeness (QED) is 0.338. The van der Waals surface area contributed by atoms with Gasteiger partial charge in [0.1, 0.15) is 11.6 Å². The lowest BCUT2D eigenvalue weighted by Crippen LogP contribution is -2.14. The van der Waals surface area contributed by atoms with Crippen LogP contribution in [-0.2, 0) is 33.3 Å². The Kier molecular flexibility index (Phi) is 11.7. The monoisotopic (exact) mass is 514 g/mol. The molecule has 6 heteroatoms. The number of ether oxygens (including phenoxy) is 2. The van der Waals surface area contributed by atoms with Crippen LogP contribution in [0, 0.1) is 0 Å². The maximum absolute atomic E-state index is 12.5. The summed E-state index contributed by atoms with van der Waals surface area (Å²) >= 11 is 0. The van der Waals surface area contributed by atoms with Gasteiger partial charge in [-0.1, -0.05) is 67.5 Å². The zero-order valence-electron chi connectivity index (χ0n) is 24.4. The molecule has 0 unspecified atom stereocenters. The van der Waals surface area contributed by atoms with Gasteiger partial charge in [-0.05, 0) is 46.9 Å². The third-order valence-corrected chi connectivity index (χ3v) is 6.10. The van der Waals surface area contributed by atoms with Crippen molar-refractivity contribution in [1.29, 1.82) is 0 Å². The predicted molar refractivity (Wildman–Crippen MR) is 149 cm³/mol. The van der Waals surface area contributed by atoms with E-state index in [-0.39, 0.29) is 53.2 Å². The van der Waals surface area contributed by atoms with Crippen molar-refractivity contribution >= 4 is 11.6 Å². The normalized spacial score (nSPS) is 11.4. The Balaban J connectivity index is 0.00000334. The Bertz CT molecular complexity index is 985. The van der Waals surface area contributed by atoms with Gasteiger partial charge in [0, 0.05) is 24.0 Å². The molecule has 0 amide bonds. The van der Waals surface area contributed by atoms with Gasteiger partial charge in [-0.2, -0.15) is 0 Å². The molecule has 37 heavy (non-hydrogen) atoms. The number of carbonyl (C=O) groups is 2. The van der Waals surface area contributed by atoms with E-state index in [1.807, 2.05) is 67.5 Å². The summed E-state index contributed by atoms with van der Waals surface area (Å²) in [6.07, 6.45) is 1.31. The Morgan fingerprint density at radius 2 is 1.00 bits per heavy atom. The van der Waals surface area contributed by atoms with Gasteiger partial charge in [-0.3, -0.25) is 9.59 Å². The molecule has 0 spiro atoms. The summed E-state index contributed by atoms with van der Waals surface area (Å²) < 4.78 is 10.6. The number of aryl methyl sites for hydroxylation is 2. The number of hydrogen-bond acceptors (Lipinski definition) is 6. The lowest BCUT2D eigenvalue weighted by atomic mass is 9.84. The molecule has 0 heterocycles. The number of Topliss-reactive ketones (excluding diaryl/α,β-unsaturated/α-hetero) is 2. The Morgan fingerprint density at radius 3 is 1.27 bits per heavy atom. The number of hydrogen-bond donors (Lipinski definition) is 2. The molecule has 2 aromatic carbocycles. The highest BCUT2D eigenvalue weighted by Gasteiger charge is 2.23. The van der Waals surface area contributed by atoms with E-state index in [2.05, 4.69) is 0 Å². The molecule has 0 radical (unpaired) electrons. The molecule has 0 aliphatic rings. The van der Waals surface area contributed by atoms with Crippen molar-refractivity contribution in [3.8, 4) is 23.0 Å². The largest absolute Gasteiger partial charge is 0.504 e. The molecule has 0 aromatic heterocycles. The fourth-order valence-electron chi connectivity index (χ4n) is 4.04. The molecule has 0 bridgehead atoms. The maximum atomic E-state index is 12.5. The van der Waals surface area contributed by atoms with E-state index in [9.17, 15) is 19.8 Å². The van der Waals surface area contributed by atoms with Crippen molar-refractivity contribution in [2.45, 2.75) is 98.3 Å². The smallest absolute Gasteiger partial charge is 0.161 e. The van der Waals surface area contributed by atoms with E-state index in [4.69, 9.17) is 9.47 Å². The van der Waals surface area contributed by atoms with E-state index in [1.54, 1.807) is 12.1 Å². The van der Waals surface area contributed by atoms with E-state index in [1.165, 1.54) is 14.2 Å². The average Bonchev–Trinajstić information content (AvgIpc) is 2.82. The van der Waals surface area contributed by atoms with Crippen molar-refractivity contribution < 1.29 is 29.3 Å². The molecule has 0 aliphatic carbocycles. The molecule has 206 valence electrons. The summed E-state index contributed by atoms with van der Waals surface area (Å²) in [7, 11) is 3.01. The third kappa shape index (κ3) is 9.10. The van der Waals surface area contributed by atoms with Crippen LogP contribution in [0.3, 0.4) is 0 Å². The lowest BCUT2D eigenvalue weighted by molar-refractivity contribution is -0.126. The van der Waals surface area contributed by atoms with Crippen LogP contribution in [0.4, 0.5) is 0 Å². The molecule has 0 atom stereocenters. The van der Waals surface area contributed by atoms with Crippen LogP contribution in [0.15, 0.2) is 24.3 Å². The van der Waals surface area contributed by atoms with E-state index in [0.29, 0.717) is 24.3 Å². The van der Waals surface area contributed by atoms with E-state index < -0.39 is 0 Å². The van der Waals surface area contributed by atoms with Crippen LogP contribution in [0.25, 0.3) is 0 Å². The highest BCUT2D eigenvalue weighted by Crippen LogP contribution is 2.40. The van der Waals surface area contributed by atoms with E-state index in [0.717, 1.165) is 22.3 Å². The highest BCUT2D eigenvalue weighted by atomic mass is 16.5. The molecular formula is C31H46O6. The topological polar surface area (TPSA) is 93.1 Å². The number of phenols is 2. The summed E-state index contributed by atoms with van der Waals surface area (Å²) in [5, 5.41) is 20.9. The van der Waals surface area contributed by atoms with Crippen LogP contribution in [0.1, 0.15) is 96.9 Å². The van der Waals surface area contributed by atoms with Gasteiger partial charge in [0.2, 0.25) is 0 Å². The van der Waals surface area contributed by atoms with Crippen LogP contribution >= 0.6 is 0 Å². The minimum Gasteiger partial charge on any atom is -0.504 e. The van der Waals surface area contributed by atoms with Crippen molar-refractivity contribution in [3.05, 3.63) is 46.5 Å². The molecule has 0 saturated heterocycles. The highest BCUT2D eigenvalue weighted by molar-refractivity contribution is 5.99. The van der Waals surface area contributed by atoms with E-state index >= 15 is 0 Å². The van der Waals surface area contributed by atoms with Crippen molar-refractivity contribution in [1.82, 2.24) is 0 Å². The summed E-state index contributed by atoms with van der Waals surface area (Å²) in [6.45, 7) is 16.0. The molecular weight excluding hydrogens is 468 g/mol. The van der Waals surface area contributed by atoms with Crippen LogP contribution in [0.2, 0.25) is 0 Å². The number of methoxy groups -OCH3 is 2. The first-order valence-electron chi connectivity index (χ1n) is 13.0. The second-order valence-electron chi connectivity index (χ2n) is 11.1. The molecule has 2 N–H and O–H groups in total. The van der Waals surface area contributed by atoms with Crippen LogP contribution in [-0.4, -0.2) is 36.0 Å². The van der Waals surface area contributed by atoms with Gasteiger partial charge in [-0.15, -0.1) is 0 Å². The standard InChI is InChI=1S/C29H40O6.C2H6/c1-28(2,3)22-13-18(15-24(34-7)26(22)32)9-11-20(30)17-21(31)12-10-19-14-23(29(4,5)6)27(33)25(16-19)35-8;1-2/h13-16,32-33H,9-12,17H2,1-8H3;1-2H3. The average molecular weight is 515 g/mol. The predicted octanol–water partition coefficient (Wildman–Crippen LogP) is 6.83. The number of benzene rings is 2. The van der Waals surface area contributed by atoms with Gasteiger partial charge >= 0.3 is 0 Å². The first kappa shape index (κ1) is 32.0. The lowest BCUT2D eigenvalue weighted by Gasteiger charge is -2.23. The van der Waals surface area contributed by atoms with Crippen LogP contribution in [0.5, 0.6) is 23.0 Å². The molecule has 0 saturated carbocycles. The zero-order valence-corrected chi connectivity index (χ0v) is 24.4. The van der Waals surface area contributed by atoms with Gasteiger partial charge in [-0.25, -0.2) is 0 Å². The SMILES string of the molecule is CC.COc1cc(CCC(=O)CC(=O)CCc2cc(OC)c(O)c(C(C)(C)C)c2)cc(C(C)(C)C)c1O. The minimum absolute atomic E-state index is 0.108. The van der Waals surface area contributed by atoms with Gasteiger partial charge in [0.05, 0.1) is 20.6 Å². The molecule has 2 aromatic rings. The summed E-state index contributed by atoms with van der Waals surface area (Å²) in [5.74, 6) is 0.775. The van der Waals surface area contributed by atoms with Crippen molar-refractivity contribution in [3.63, 3.8) is 0 Å². The Hall–Kier alpha value is -3.02. The fraction of sp³-hybridized carbons (Fsp3) is 0.548. The number of ketones is 2.